The molecule has 4 rings (SSSR count). The van der Waals surface area contributed by atoms with Crippen molar-refractivity contribution in [2.24, 2.45) is 0 Å². The van der Waals surface area contributed by atoms with Gasteiger partial charge in [-0.1, -0.05) is 60.7 Å². The molecule has 8 nitrogen and oxygen atoms in total. The maximum atomic E-state index is 12.7. The number of ether oxygens (including phenoxy) is 2. The highest BCUT2D eigenvalue weighted by Gasteiger charge is 2.24. The topological polar surface area (TPSA) is 111 Å². The van der Waals surface area contributed by atoms with Crippen LogP contribution in [0, 0.1) is 0 Å². The summed E-state index contributed by atoms with van der Waals surface area (Å²) >= 11 is 2.47. The Morgan fingerprint density at radius 1 is 0.641 bits per heavy atom. The molecule has 2 N–H and O–H groups in total. The molecule has 2 amide bonds. The zero-order valence-electron chi connectivity index (χ0n) is 21.3. The summed E-state index contributed by atoms with van der Waals surface area (Å²) < 4.78 is 9.89. The van der Waals surface area contributed by atoms with Crippen molar-refractivity contribution in [2.45, 2.75) is 19.3 Å². The van der Waals surface area contributed by atoms with Crippen molar-refractivity contribution in [1.29, 1.82) is 0 Å². The van der Waals surface area contributed by atoms with Crippen molar-refractivity contribution >= 4 is 56.4 Å². The smallest absolute Gasteiger partial charge is 0.341 e. The van der Waals surface area contributed by atoms with Crippen LogP contribution in [0.5, 0.6) is 0 Å². The molecule has 4 aromatic rings. The SMILES string of the molecule is COC(=O)c1c(-c2ccccc2)csc1NC(=O)CCCC(=O)Nc1scc(-c2ccccc2)c1C(=O)OC. The Balaban J connectivity index is 1.37. The van der Waals surface area contributed by atoms with Crippen molar-refractivity contribution in [1.82, 2.24) is 0 Å². The molecule has 0 radical (unpaired) electrons. The standard InChI is InChI=1S/C29H26N2O6S2/c1-36-28(34)24-20(18-10-5-3-6-11-18)16-38-26(24)30-22(32)14-9-15-23(33)31-27-25(29(35)37-2)21(17-39-27)19-12-7-4-8-13-19/h3-8,10-13,16-17H,9,14-15H2,1-2H3,(H,30,32)(H,31,33). The molecule has 0 fully saturated rings. The average Bonchev–Trinajstić information content (AvgIpc) is 3.57. The van der Waals surface area contributed by atoms with E-state index in [0.29, 0.717) is 32.3 Å². The Labute approximate surface area is 233 Å². The summed E-state index contributed by atoms with van der Waals surface area (Å²) in [6.45, 7) is 0. The highest BCUT2D eigenvalue weighted by Crippen LogP contribution is 2.37. The first-order valence-electron chi connectivity index (χ1n) is 12.0. The van der Waals surface area contributed by atoms with Crippen molar-refractivity contribution in [3.63, 3.8) is 0 Å². The number of nitrogens with one attached hydrogen (secondary N) is 2. The van der Waals surface area contributed by atoms with Crippen LogP contribution in [0.1, 0.15) is 40.0 Å². The molecule has 39 heavy (non-hydrogen) atoms. The normalized spacial score (nSPS) is 10.5. The Hall–Kier alpha value is -4.28. The summed E-state index contributed by atoms with van der Waals surface area (Å²) in [6.07, 6.45) is 0.402. The van der Waals surface area contributed by atoms with Gasteiger partial charge in [0.2, 0.25) is 11.8 Å². The molecule has 0 aliphatic carbocycles. The number of amides is 2. The molecule has 0 saturated carbocycles. The fraction of sp³-hybridized carbons (Fsp3) is 0.172. The quantitative estimate of drug-likeness (QED) is 0.215. The van der Waals surface area contributed by atoms with Crippen LogP contribution in [0.25, 0.3) is 22.3 Å². The molecule has 0 spiro atoms. The van der Waals surface area contributed by atoms with Crippen LogP contribution < -0.4 is 10.6 Å². The van der Waals surface area contributed by atoms with E-state index in [1.807, 2.05) is 60.7 Å². The number of benzene rings is 2. The highest BCUT2D eigenvalue weighted by atomic mass is 32.1. The molecule has 0 bridgehead atoms. The van der Waals surface area contributed by atoms with E-state index in [2.05, 4.69) is 10.6 Å². The number of anilines is 2. The first-order valence-corrected chi connectivity index (χ1v) is 13.8. The third-order valence-electron chi connectivity index (χ3n) is 5.84. The van der Waals surface area contributed by atoms with E-state index in [1.54, 1.807) is 10.8 Å². The molecular weight excluding hydrogens is 536 g/mol. The molecular formula is C29H26N2O6S2. The Kier molecular flexibility index (Phi) is 9.24. The number of carbonyl (C=O) groups excluding carboxylic acids is 4. The largest absolute Gasteiger partial charge is 0.465 e. The van der Waals surface area contributed by atoms with Gasteiger partial charge in [-0.3, -0.25) is 9.59 Å². The van der Waals surface area contributed by atoms with Crippen molar-refractivity contribution in [3.8, 4) is 22.3 Å². The highest BCUT2D eigenvalue weighted by molar-refractivity contribution is 7.15. The first kappa shape index (κ1) is 27.7. The van der Waals surface area contributed by atoms with Crippen LogP contribution in [0.4, 0.5) is 10.0 Å². The monoisotopic (exact) mass is 562 g/mol. The minimum Gasteiger partial charge on any atom is -0.465 e. The van der Waals surface area contributed by atoms with Gasteiger partial charge in [-0.05, 0) is 17.5 Å². The van der Waals surface area contributed by atoms with E-state index in [9.17, 15) is 19.2 Å². The fourth-order valence-electron chi connectivity index (χ4n) is 3.96. The van der Waals surface area contributed by atoms with E-state index < -0.39 is 11.9 Å². The lowest BCUT2D eigenvalue weighted by atomic mass is 10.0. The maximum Gasteiger partial charge on any atom is 0.341 e. The summed E-state index contributed by atoms with van der Waals surface area (Å²) in [4.78, 5) is 50.3. The van der Waals surface area contributed by atoms with Gasteiger partial charge in [-0.2, -0.15) is 0 Å². The minimum atomic E-state index is -0.544. The van der Waals surface area contributed by atoms with Gasteiger partial charge in [0.05, 0.1) is 14.2 Å². The van der Waals surface area contributed by atoms with Crippen molar-refractivity contribution < 1.29 is 28.7 Å². The third-order valence-corrected chi connectivity index (χ3v) is 7.64. The second-order valence-electron chi connectivity index (χ2n) is 8.37. The zero-order chi connectivity index (χ0) is 27.8. The summed E-state index contributed by atoms with van der Waals surface area (Å²) in [6, 6.07) is 18.7. The van der Waals surface area contributed by atoms with E-state index >= 15 is 0 Å². The molecule has 0 aliphatic heterocycles. The molecule has 10 heteroatoms. The lowest BCUT2D eigenvalue weighted by Gasteiger charge is -2.09. The first-order chi connectivity index (χ1) is 18.9. The van der Waals surface area contributed by atoms with E-state index in [-0.39, 0.29) is 31.1 Å². The van der Waals surface area contributed by atoms with Crippen LogP contribution in [-0.4, -0.2) is 38.0 Å². The van der Waals surface area contributed by atoms with Gasteiger partial charge in [0.15, 0.2) is 0 Å². The van der Waals surface area contributed by atoms with Crippen LogP contribution in [0.15, 0.2) is 71.4 Å². The second-order valence-corrected chi connectivity index (χ2v) is 10.1. The number of hydrogen-bond acceptors (Lipinski definition) is 8. The summed E-state index contributed by atoms with van der Waals surface area (Å²) in [5.41, 5.74) is 3.61. The van der Waals surface area contributed by atoms with Gasteiger partial charge in [0.25, 0.3) is 0 Å². The lowest BCUT2D eigenvalue weighted by Crippen LogP contribution is -2.16. The number of esters is 2. The fourth-order valence-corrected chi connectivity index (χ4v) is 5.90. The van der Waals surface area contributed by atoms with Gasteiger partial charge in [-0.25, -0.2) is 9.59 Å². The Morgan fingerprint density at radius 3 is 1.38 bits per heavy atom. The molecule has 2 aromatic heterocycles. The van der Waals surface area contributed by atoms with E-state index in [4.69, 9.17) is 9.47 Å². The van der Waals surface area contributed by atoms with Crippen molar-refractivity contribution in [3.05, 3.63) is 82.6 Å². The van der Waals surface area contributed by atoms with Crippen molar-refractivity contribution in [2.75, 3.05) is 24.9 Å². The Bertz CT molecular complexity index is 1370. The number of thiophene rings is 2. The maximum absolute atomic E-state index is 12.7. The van der Waals surface area contributed by atoms with Crippen LogP contribution >= 0.6 is 22.7 Å². The molecule has 0 aliphatic rings. The van der Waals surface area contributed by atoms with Gasteiger partial charge in [-0.15, -0.1) is 22.7 Å². The summed E-state index contributed by atoms with van der Waals surface area (Å²) in [5.74, 6) is -1.74. The second kappa shape index (κ2) is 13.0. The molecule has 0 saturated heterocycles. The molecule has 0 unspecified atom stereocenters. The van der Waals surface area contributed by atoms with Gasteiger partial charge in [0, 0.05) is 34.7 Å². The molecule has 2 aromatic carbocycles. The number of methoxy groups -OCH3 is 2. The minimum absolute atomic E-state index is 0.0656. The zero-order valence-corrected chi connectivity index (χ0v) is 22.9. The van der Waals surface area contributed by atoms with Gasteiger partial charge < -0.3 is 20.1 Å². The predicted octanol–water partition coefficient (Wildman–Crippen LogP) is 6.46. The predicted molar refractivity (Wildman–Crippen MR) is 153 cm³/mol. The number of rotatable bonds is 10. The number of hydrogen-bond donors (Lipinski definition) is 2. The Morgan fingerprint density at radius 2 is 1.03 bits per heavy atom. The van der Waals surface area contributed by atoms with Gasteiger partial charge in [0.1, 0.15) is 21.1 Å². The summed E-state index contributed by atoms with van der Waals surface area (Å²) in [7, 11) is 2.59. The summed E-state index contributed by atoms with van der Waals surface area (Å²) in [5, 5.41) is 9.95. The van der Waals surface area contributed by atoms with E-state index in [1.165, 1.54) is 36.9 Å². The van der Waals surface area contributed by atoms with Crippen LogP contribution in [0.2, 0.25) is 0 Å². The number of carbonyl (C=O) groups is 4. The van der Waals surface area contributed by atoms with E-state index in [0.717, 1.165) is 11.1 Å². The molecule has 0 atom stereocenters. The van der Waals surface area contributed by atoms with Gasteiger partial charge >= 0.3 is 11.9 Å². The third kappa shape index (κ3) is 6.60. The lowest BCUT2D eigenvalue weighted by molar-refractivity contribution is -0.117. The molecule has 2 heterocycles. The van der Waals surface area contributed by atoms with Crippen LogP contribution in [-0.2, 0) is 19.1 Å². The molecule has 200 valence electrons. The van der Waals surface area contributed by atoms with Crippen LogP contribution in [0.3, 0.4) is 0 Å². The average molecular weight is 563 g/mol.